The maximum atomic E-state index is 9.45. The van der Waals surface area contributed by atoms with Crippen molar-refractivity contribution in [3.05, 3.63) is 28.8 Å². The molecule has 0 aromatic heterocycles. The summed E-state index contributed by atoms with van der Waals surface area (Å²) in [5.74, 6) is 0.391. The summed E-state index contributed by atoms with van der Waals surface area (Å²) in [6.45, 7) is 2.48. The highest BCUT2D eigenvalue weighted by Crippen LogP contribution is 2.27. The molecular weight excluding hydrogens is 174 g/mol. The van der Waals surface area contributed by atoms with E-state index < -0.39 is 0 Å². The quantitative estimate of drug-likeness (QED) is 0.742. The van der Waals surface area contributed by atoms with Crippen LogP contribution in [0.2, 0.25) is 5.02 Å². The number of nitrogens with two attached hydrogens (primary N) is 1. The minimum atomic E-state index is 0.169. The fourth-order valence-corrected chi connectivity index (χ4v) is 1.23. The van der Waals surface area contributed by atoms with E-state index in [1.54, 1.807) is 12.1 Å². The SMILES string of the molecule is CC(CN)c1ccc(Cl)cc1O. The van der Waals surface area contributed by atoms with Crippen LogP contribution in [0.25, 0.3) is 0 Å². The Bertz CT molecular complexity index is 275. The van der Waals surface area contributed by atoms with E-state index in [4.69, 9.17) is 17.3 Å². The fraction of sp³-hybridized carbons (Fsp3) is 0.333. The second kappa shape index (κ2) is 3.78. The van der Waals surface area contributed by atoms with Gasteiger partial charge in [0.2, 0.25) is 0 Å². The van der Waals surface area contributed by atoms with Gasteiger partial charge in [-0.1, -0.05) is 24.6 Å². The molecule has 0 spiro atoms. The van der Waals surface area contributed by atoms with E-state index >= 15 is 0 Å². The van der Waals surface area contributed by atoms with Crippen molar-refractivity contribution < 1.29 is 5.11 Å². The van der Waals surface area contributed by atoms with E-state index in [0.717, 1.165) is 5.56 Å². The van der Waals surface area contributed by atoms with Gasteiger partial charge in [-0.05, 0) is 30.2 Å². The van der Waals surface area contributed by atoms with Gasteiger partial charge in [0.05, 0.1) is 0 Å². The Hall–Kier alpha value is -0.730. The lowest BCUT2D eigenvalue weighted by Crippen LogP contribution is -2.08. The molecule has 1 rings (SSSR count). The molecule has 0 amide bonds. The van der Waals surface area contributed by atoms with E-state index in [1.807, 2.05) is 6.92 Å². The summed E-state index contributed by atoms with van der Waals surface area (Å²) in [6, 6.07) is 5.08. The monoisotopic (exact) mass is 185 g/mol. The molecule has 0 aliphatic rings. The Morgan fingerprint density at radius 3 is 2.75 bits per heavy atom. The highest BCUT2D eigenvalue weighted by molar-refractivity contribution is 6.30. The molecule has 12 heavy (non-hydrogen) atoms. The molecule has 0 heterocycles. The molecule has 66 valence electrons. The number of aromatic hydroxyl groups is 1. The largest absolute Gasteiger partial charge is 0.508 e. The maximum Gasteiger partial charge on any atom is 0.120 e. The summed E-state index contributed by atoms with van der Waals surface area (Å²) < 4.78 is 0. The molecule has 2 nitrogen and oxygen atoms in total. The topological polar surface area (TPSA) is 46.2 Å². The highest BCUT2D eigenvalue weighted by atomic mass is 35.5. The zero-order chi connectivity index (χ0) is 9.14. The van der Waals surface area contributed by atoms with Gasteiger partial charge in [-0.3, -0.25) is 0 Å². The summed E-state index contributed by atoms with van der Waals surface area (Å²) in [5.41, 5.74) is 6.32. The van der Waals surface area contributed by atoms with Crippen LogP contribution in [-0.4, -0.2) is 11.7 Å². The molecule has 3 heteroatoms. The molecule has 0 bridgehead atoms. The normalized spacial score (nSPS) is 12.9. The summed E-state index contributed by atoms with van der Waals surface area (Å²) in [7, 11) is 0. The minimum Gasteiger partial charge on any atom is -0.508 e. The molecule has 0 aliphatic carbocycles. The third-order valence-corrected chi connectivity index (χ3v) is 2.11. The number of rotatable bonds is 2. The Kier molecular flexibility index (Phi) is 2.95. The van der Waals surface area contributed by atoms with Crippen LogP contribution in [0, 0.1) is 0 Å². The number of halogens is 1. The van der Waals surface area contributed by atoms with Gasteiger partial charge in [0, 0.05) is 5.02 Å². The summed E-state index contributed by atoms with van der Waals surface area (Å²) >= 11 is 5.67. The van der Waals surface area contributed by atoms with Crippen molar-refractivity contribution in [2.45, 2.75) is 12.8 Å². The molecule has 3 N–H and O–H groups in total. The van der Waals surface area contributed by atoms with Gasteiger partial charge in [-0.25, -0.2) is 0 Å². The van der Waals surface area contributed by atoms with E-state index in [9.17, 15) is 5.11 Å². The van der Waals surface area contributed by atoms with Crippen LogP contribution in [0.4, 0.5) is 0 Å². The maximum absolute atomic E-state index is 9.45. The van der Waals surface area contributed by atoms with Crippen molar-refractivity contribution in [3.8, 4) is 5.75 Å². The number of hydrogen-bond acceptors (Lipinski definition) is 2. The van der Waals surface area contributed by atoms with Crippen LogP contribution in [0.15, 0.2) is 18.2 Å². The lowest BCUT2D eigenvalue weighted by Gasteiger charge is -2.10. The minimum absolute atomic E-state index is 0.169. The first kappa shape index (κ1) is 9.36. The van der Waals surface area contributed by atoms with Gasteiger partial charge in [-0.15, -0.1) is 0 Å². The second-order valence-corrected chi connectivity index (χ2v) is 3.28. The third kappa shape index (κ3) is 1.90. The van der Waals surface area contributed by atoms with E-state index in [1.165, 1.54) is 6.07 Å². The molecule has 0 saturated carbocycles. The number of phenolic OH excluding ortho intramolecular Hbond substituents is 1. The van der Waals surface area contributed by atoms with E-state index in [0.29, 0.717) is 11.6 Å². The number of phenols is 1. The first-order valence-corrected chi connectivity index (χ1v) is 4.21. The Morgan fingerprint density at radius 2 is 2.25 bits per heavy atom. The third-order valence-electron chi connectivity index (χ3n) is 1.88. The molecule has 1 aromatic carbocycles. The van der Waals surface area contributed by atoms with E-state index in [-0.39, 0.29) is 11.7 Å². The van der Waals surface area contributed by atoms with Crippen molar-refractivity contribution in [1.82, 2.24) is 0 Å². The number of benzene rings is 1. The molecule has 0 saturated heterocycles. The van der Waals surface area contributed by atoms with Crippen LogP contribution in [0.3, 0.4) is 0 Å². The zero-order valence-electron chi connectivity index (χ0n) is 6.92. The molecular formula is C9H12ClNO. The molecule has 0 aliphatic heterocycles. The van der Waals surface area contributed by atoms with Crippen LogP contribution in [0.5, 0.6) is 5.75 Å². The summed E-state index contributed by atoms with van der Waals surface area (Å²) in [5, 5.41) is 9.99. The predicted octanol–water partition coefficient (Wildman–Crippen LogP) is 2.11. The Labute approximate surface area is 77.0 Å². The van der Waals surface area contributed by atoms with Crippen molar-refractivity contribution in [3.63, 3.8) is 0 Å². The van der Waals surface area contributed by atoms with Crippen LogP contribution < -0.4 is 5.73 Å². The predicted molar refractivity (Wildman–Crippen MR) is 50.6 cm³/mol. The Morgan fingerprint density at radius 1 is 1.58 bits per heavy atom. The summed E-state index contributed by atoms with van der Waals surface area (Å²) in [4.78, 5) is 0. The van der Waals surface area contributed by atoms with Gasteiger partial charge in [0.15, 0.2) is 0 Å². The van der Waals surface area contributed by atoms with Crippen molar-refractivity contribution in [2.24, 2.45) is 5.73 Å². The molecule has 0 fully saturated rings. The molecule has 1 aromatic rings. The van der Waals surface area contributed by atoms with E-state index in [2.05, 4.69) is 0 Å². The smallest absolute Gasteiger partial charge is 0.120 e. The summed E-state index contributed by atoms with van der Waals surface area (Å²) in [6.07, 6.45) is 0. The standard InChI is InChI=1S/C9H12ClNO/c1-6(5-11)8-3-2-7(10)4-9(8)12/h2-4,6,12H,5,11H2,1H3. The first-order valence-electron chi connectivity index (χ1n) is 3.83. The fourth-order valence-electron chi connectivity index (χ4n) is 1.06. The van der Waals surface area contributed by atoms with Crippen LogP contribution in [-0.2, 0) is 0 Å². The zero-order valence-corrected chi connectivity index (χ0v) is 7.67. The van der Waals surface area contributed by atoms with Gasteiger partial charge < -0.3 is 10.8 Å². The van der Waals surface area contributed by atoms with Gasteiger partial charge in [-0.2, -0.15) is 0 Å². The van der Waals surface area contributed by atoms with Crippen LogP contribution in [0.1, 0.15) is 18.4 Å². The molecule has 1 unspecified atom stereocenters. The van der Waals surface area contributed by atoms with Crippen molar-refractivity contribution >= 4 is 11.6 Å². The average Bonchev–Trinajstić information content (AvgIpc) is 2.03. The van der Waals surface area contributed by atoms with Crippen LogP contribution >= 0.6 is 11.6 Å². The van der Waals surface area contributed by atoms with Crippen molar-refractivity contribution in [1.29, 1.82) is 0 Å². The van der Waals surface area contributed by atoms with Gasteiger partial charge in [0.1, 0.15) is 5.75 Å². The molecule has 1 atom stereocenters. The lowest BCUT2D eigenvalue weighted by molar-refractivity contribution is 0.463. The Balaban J connectivity index is 3.01. The number of hydrogen-bond donors (Lipinski definition) is 2. The molecule has 0 radical (unpaired) electrons. The lowest BCUT2D eigenvalue weighted by atomic mass is 10.0. The van der Waals surface area contributed by atoms with Gasteiger partial charge >= 0.3 is 0 Å². The van der Waals surface area contributed by atoms with Gasteiger partial charge in [0.25, 0.3) is 0 Å². The highest BCUT2D eigenvalue weighted by Gasteiger charge is 2.08. The first-order chi connectivity index (χ1) is 5.65. The second-order valence-electron chi connectivity index (χ2n) is 2.84. The van der Waals surface area contributed by atoms with Crippen molar-refractivity contribution in [2.75, 3.05) is 6.54 Å². The average molecular weight is 186 g/mol.